The Labute approximate surface area is 140 Å². The molecule has 1 fully saturated rings. The van der Waals surface area contributed by atoms with Gasteiger partial charge < -0.3 is 0 Å². The fourth-order valence-corrected chi connectivity index (χ4v) is 3.72. The number of rotatable bonds is 2. The number of halogens is 4. The van der Waals surface area contributed by atoms with Crippen molar-refractivity contribution in [1.29, 1.82) is 0 Å². The van der Waals surface area contributed by atoms with Crippen LogP contribution in [0.1, 0.15) is 22.1 Å². The summed E-state index contributed by atoms with van der Waals surface area (Å²) in [5.74, 6) is -0.582. The second-order valence-electron chi connectivity index (χ2n) is 5.48. The van der Waals surface area contributed by atoms with Crippen LogP contribution in [0.15, 0.2) is 42.5 Å². The molecule has 0 radical (unpaired) electrons. The highest BCUT2D eigenvalue weighted by molar-refractivity contribution is 8.00. The van der Waals surface area contributed by atoms with Crippen LogP contribution >= 0.6 is 11.8 Å². The van der Waals surface area contributed by atoms with Gasteiger partial charge in [-0.05, 0) is 42.3 Å². The van der Waals surface area contributed by atoms with Crippen molar-refractivity contribution >= 4 is 23.4 Å². The molecule has 7 heteroatoms. The summed E-state index contributed by atoms with van der Waals surface area (Å²) in [5, 5.41) is -0.609. The molecule has 1 heterocycles. The molecule has 2 aromatic rings. The van der Waals surface area contributed by atoms with Crippen molar-refractivity contribution in [2.75, 3.05) is 10.7 Å². The first kappa shape index (κ1) is 16.8. The Morgan fingerprint density at radius 3 is 2.58 bits per heavy atom. The number of benzene rings is 2. The number of aryl methyl sites for hydroxylation is 1. The molecule has 1 aliphatic heterocycles. The van der Waals surface area contributed by atoms with Gasteiger partial charge in [-0.25, -0.2) is 4.39 Å². The number of alkyl halides is 3. The molecule has 2 aromatic carbocycles. The largest absolute Gasteiger partial charge is 0.416 e. The minimum atomic E-state index is -4.45. The summed E-state index contributed by atoms with van der Waals surface area (Å²) in [7, 11) is 0. The summed E-state index contributed by atoms with van der Waals surface area (Å²) >= 11 is 1.22. The molecule has 2 nitrogen and oxygen atoms in total. The normalized spacial score (nSPS) is 18.3. The van der Waals surface area contributed by atoms with E-state index in [0.717, 1.165) is 12.1 Å². The van der Waals surface area contributed by atoms with Crippen LogP contribution in [0, 0.1) is 12.7 Å². The van der Waals surface area contributed by atoms with E-state index in [4.69, 9.17) is 0 Å². The maximum atomic E-state index is 13.8. The molecule has 0 aromatic heterocycles. The fraction of sp³-hybridized carbons (Fsp3) is 0.235. The molecule has 0 saturated carbocycles. The molecule has 126 valence electrons. The standard InChI is InChI=1S/C17H13F4NOS/c1-10-5-6-13(8-14(10)18)22-15(23)9-24-16(22)11-3-2-4-12(7-11)17(19,20)21/h2-8,16H,9H2,1H3/t16-/m1/s1. The Morgan fingerprint density at radius 1 is 1.17 bits per heavy atom. The smallest absolute Gasteiger partial charge is 0.295 e. The maximum Gasteiger partial charge on any atom is 0.416 e. The number of carbonyl (C=O) groups excluding carboxylic acids is 1. The van der Waals surface area contributed by atoms with Crippen LogP contribution in [0.4, 0.5) is 23.2 Å². The molecule has 0 unspecified atom stereocenters. The van der Waals surface area contributed by atoms with Gasteiger partial charge in [-0.3, -0.25) is 9.69 Å². The minimum Gasteiger partial charge on any atom is -0.295 e. The Morgan fingerprint density at radius 2 is 1.92 bits per heavy atom. The van der Waals surface area contributed by atoms with E-state index in [9.17, 15) is 22.4 Å². The van der Waals surface area contributed by atoms with Gasteiger partial charge in [-0.15, -0.1) is 11.8 Å². The number of thioether (sulfide) groups is 1. The Bertz CT molecular complexity index is 790. The lowest BCUT2D eigenvalue weighted by molar-refractivity contribution is -0.137. The molecule has 0 aliphatic carbocycles. The summed E-state index contributed by atoms with van der Waals surface area (Å²) in [5.41, 5.74) is 0.376. The first-order valence-electron chi connectivity index (χ1n) is 7.14. The molecule has 1 saturated heterocycles. The summed E-state index contributed by atoms with van der Waals surface area (Å²) in [6.07, 6.45) is -4.45. The van der Waals surface area contributed by atoms with Gasteiger partial charge in [0.2, 0.25) is 5.91 Å². The molecule has 0 N–H and O–H groups in total. The minimum absolute atomic E-state index is 0.135. The van der Waals surface area contributed by atoms with E-state index >= 15 is 0 Å². The molecule has 1 aliphatic rings. The number of hydrogen-bond acceptors (Lipinski definition) is 2. The number of carbonyl (C=O) groups is 1. The van der Waals surface area contributed by atoms with Crippen molar-refractivity contribution in [1.82, 2.24) is 0 Å². The first-order chi connectivity index (χ1) is 11.3. The zero-order valence-corrected chi connectivity index (χ0v) is 13.4. The molecule has 24 heavy (non-hydrogen) atoms. The Balaban J connectivity index is 2.01. The zero-order valence-electron chi connectivity index (χ0n) is 12.6. The Kier molecular flexibility index (Phi) is 4.29. The van der Waals surface area contributed by atoms with Crippen molar-refractivity contribution in [3.05, 3.63) is 65.0 Å². The number of amides is 1. The molecule has 1 amide bonds. The maximum absolute atomic E-state index is 13.8. The Hall–Kier alpha value is -2.02. The van der Waals surface area contributed by atoms with Gasteiger partial charge in [0.25, 0.3) is 0 Å². The van der Waals surface area contributed by atoms with Gasteiger partial charge in [0, 0.05) is 5.69 Å². The van der Waals surface area contributed by atoms with E-state index < -0.39 is 22.9 Å². The predicted octanol–water partition coefficient (Wildman–Crippen LogP) is 4.93. The summed E-state index contributed by atoms with van der Waals surface area (Å²) in [6.45, 7) is 1.60. The molecule has 3 rings (SSSR count). The monoisotopic (exact) mass is 355 g/mol. The third-order valence-electron chi connectivity index (χ3n) is 3.80. The van der Waals surface area contributed by atoms with Gasteiger partial charge in [-0.2, -0.15) is 13.2 Å². The van der Waals surface area contributed by atoms with Crippen LogP contribution < -0.4 is 4.90 Å². The van der Waals surface area contributed by atoms with Gasteiger partial charge >= 0.3 is 6.18 Å². The molecule has 1 atom stereocenters. The van der Waals surface area contributed by atoms with E-state index in [-0.39, 0.29) is 11.7 Å². The highest BCUT2D eigenvalue weighted by atomic mass is 32.2. The van der Waals surface area contributed by atoms with E-state index in [1.54, 1.807) is 25.1 Å². The molecular formula is C17H13F4NOS. The average Bonchev–Trinajstić information content (AvgIpc) is 2.91. The van der Waals surface area contributed by atoms with E-state index in [1.807, 2.05) is 0 Å². The van der Waals surface area contributed by atoms with Crippen LogP contribution in [-0.4, -0.2) is 11.7 Å². The van der Waals surface area contributed by atoms with Gasteiger partial charge in [0.05, 0.1) is 11.3 Å². The lowest BCUT2D eigenvalue weighted by atomic mass is 10.1. The first-order valence-corrected chi connectivity index (χ1v) is 8.19. The van der Waals surface area contributed by atoms with Gasteiger partial charge in [-0.1, -0.05) is 18.2 Å². The van der Waals surface area contributed by atoms with Crippen molar-refractivity contribution < 1.29 is 22.4 Å². The highest BCUT2D eigenvalue weighted by Gasteiger charge is 2.36. The van der Waals surface area contributed by atoms with Gasteiger partial charge in [0.1, 0.15) is 11.2 Å². The van der Waals surface area contributed by atoms with Crippen LogP contribution in [0.25, 0.3) is 0 Å². The molecule has 0 spiro atoms. The SMILES string of the molecule is Cc1ccc(N2C(=O)CS[C@@H]2c2cccc(C(F)(F)F)c2)cc1F. The second kappa shape index (κ2) is 6.12. The van der Waals surface area contributed by atoms with Crippen molar-refractivity contribution in [2.45, 2.75) is 18.5 Å². The lowest BCUT2D eigenvalue weighted by Crippen LogP contribution is -2.28. The highest BCUT2D eigenvalue weighted by Crippen LogP contribution is 2.43. The molecule has 0 bridgehead atoms. The number of hydrogen-bond donors (Lipinski definition) is 0. The topological polar surface area (TPSA) is 20.3 Å². The third-order valence-corrected chi connectivity index (χ3v) is 5.01. The average molecular weight is 355 g/mol. The van der Waals surface area contributed by atoms with Crippen LogP contribution in [0.2, 0.25) is 0 Å². The van der Waals surface area contributed by atoms with E-state index in [0.29, 0.717) is 16.8 Å². The molecular weight excluding hydrogens is 342 g/mol. The summed E-state index contributed by atoms with van der Waals surface area (Å²) in [4.78, 5) is 13.5. The van der Waals surface area contributed by atoms with E-state index in [2.05, 4.69) is 0 Å². The van der Waals surface area contributed by atoms with Gasteiger partial charge in [0.15, 0.2) is 0 Å². The number of nitrogens with zero attached hydrogens (tertiary/aromatic N) is 1. The van der Waals surface area contributed by atoms with Crippen LogP contribution in [0.3, 0.4) is 0 Å². The second-order valence-corrected chi connectivity index (χ2v) is 6.55. The lowest BCUT2D eigenvalue weighted by Gasteiger charge is -2.25. The van der Waals surface area contributed by atoms with Crippen molar-refractivity contribution in [3.8, 4) is 0 Å². The number of anilines is 1. The predicted molar refractivity (Wildman–Crippen MR) is 85.3 cm³/mol. The zero-order chi connectivity index (χ0) is 17.5. The van der Waals surface area contributed by atoms with Crippen LogP contribution in [0.5, 0.6) is 0 Å². The van der Waals surface area contributed by atoms with E-state index in [1.165, 1.54) is 28.8 Å². The fourth-order valence-electron chi connectivity index (χ4n) is 2.55. The van der Waals surface area contributed by atoms with Crippen LogP contribution in [-0.2, 0) is 11.0 Å². The van der Waals surface area contributed by atoms with Crippen molar-refractivity contribution in [2.24, 2.45) is 0 Å². The summed E-state index contributed by atoms with van der Waals surface area (Å²) < 4.78 is 52.6. The third kappa shape index (κ3) is 3.13. The quantitative estimate of drug-likeness (QED) is 0.712. The summed E-state index contributed by atoms with van der Waals surface area (Å²) in [6, 6.07) is 9.26. The van der Waals surface area contributed by atoms with Crippen molar-refractivity contribution in [3.63, 3.8) is 0 Å².